The van der Waals surface area contributed by atoms with Crippen molar-refractivity contribution in [3.8, 4) is 0 Å². The van der Waals surface area contributed by atoms with Crippen LogP contribution in [0, 0.1) is 0 Å². The van der Waals surface area contributed by atoms with Crippen LogP contribution >= 0.6 is 20.5 Å². The van der Waals surface area contributed by atoms with Gasteiger partial charge in [-0.15, -0.1) is 0 Å². The van der Waals surface area contributed by atoms with Gasteiger partial charge in [-0.05, 0) is 18.6 Å². The van der Waals surface area contributed by atoms with Crippen molar-refractivity contribution in [3.63, 3.8) is 0 Å². The normalized spacial score (nSPS) is 12.0. The predicted octanol–water partition coefficient (Wildman–Crippen LogP) is 12.5. The molecule has 0 bridgehead atoms. The third kappa shape index (κ3) is 38.5. The van der Waals surface area contributed by atoms with Crippen LogP contribution in [0.15, 0.2) is 0 Å². The van der Waals surface area contributed by atoms with E-state index in [4.69, 9.17) is 9.79 Å². The van der Waals surface area contributed by atoms with Crippen LogP contribution in [0.3, 0.4) is 0 Å². The molecule has 0 saturated carbocycles. The van der Waals surface area contributed by atoms with E-state index < -0.39 is 7.82 Å². The SMILES string of the molecule is O=P(O)(O)OCCCCCCCCCCCCCCCCCCCCCCCCCCCCCCCCCCS. The summed E-state index contributed by atoms with van der Waals surface area (Å²) in [5.41, 5.74) is 0. The maximum atomic E-state index is 10.6. The number of hydrogen-bond acceptors (Lipinski definition) is 3. The van der Waals surface area contributed by atoms with E-state index in [1.807, 2.05) is 0 Å². The molecule has 40 heavy (non-hydrogen) atoms. The minimum absolute atomic E-state index is 0.170. The quantitative estimate of drug-likeness (QED) is 0.0381. The lowest BCUT2D eigenvalue weighted by molar-refractivity contribution is 0.193. The number of thiol groups is 1. The van der Waals surface area contributed by atoms with Gasteiger partial charge >= 0.3 is 7.82 Å². The summed E-state index contributed by atoms with van der Waals surface area (Å²) >= 11 is 4.28. The Labute approximate surface area is 256 Å². The Kier molecular flexibility index (Phi) is 34.3. The summed E-state index contributed by atoms with van der Waals surface area (Å²) in [7, 11) is -4.27. The molecule has 4 nitrogen and oxygen atoms in total. The number of phosphoric ester groups is 1. The highest BCUT2D eigenvalue weighted by molar-refractivity contribution is 7.80. The molecule has 0 aromatic heterocycles. The zero-order chi connectivity index (χ0) is 29.2. The number of phosphoric acid groups is 1. The molecular weight excluding hydrogens is 535 g/mol. The maximum absolute atomic E-state index is 10.6. The highest BCUT2D eigenvalue weighted by Crippen LogP contribution is 2.35. The molecule has 0 aliphatic carbocycles. The first-order valence-electron chi connectivity index (χ1n) is 17.9. The molecule has 0 unspecified atom stereocenters. The Morgan fingerprint density at radius 2 is 0.525 bits per heavy atom. The van der Waals surface area contributed by atoms with Gasteiger partial charge in [-0.3, -0.25) is 4.52 Å². The fourth-order valence-corrected chi connectivity index (χ4v) is 6.29. The molecule has 6 heteroatoms. The van der Waals surface area contributed by atoms with Crippen LogP contribution in [0.25, 0.3) is 0 Å². The van der Waals surface area contributed by atoms with Gasteiger partial charge in [-0.25, -0.2) is 4.57 Å². The van der Waals surface area contributed by atoms with Gasteiger partial charge in [0.15, 0.2) is 0 Å². The second-order valence-corrected chi connectivity index (χ2v) is 14.0. The molecule has 242 valence electrons. The average molecular weight is 607 g/mol. The van der Waals surface area contributed by atoms with Crippen molar-refractivity contribution < 1.29 is 18.9 Å². The zero-order valence-electron chi connectivity index (χ0n) is 26.6. The van der Waals surface area contributed by atoms with E-state index in [1.54, 1.807) is 0 Å². The summed E-state index contributed by atoms with van der Waals surface area (Å²) in [6.07, 6.45) is 44.0. The monoisotopic (exact) mass is 606 g/mol. The molecule has 0 aliphatic rings. The lowest BCUT2D eigenvalue weighted by atomic mass is 10.0. The second-order valence-electron chi connectivity index (χ2n) is 12.4. The van der Waals surface area contributed by atoms with Crippen LogP contribution in [0.2, 0.25) is 0 Å². The molecule has 0 aromatic rings. The minimum atomic E-state index is -4.27. The van der Waals surface area contributed by atoms with Gasteiger partial charge in [0.05, 0.1) is 6.61 Å². The Morgan fingerprint density at radius 1 is 0.350 bits per heavy atom. The first kappa shape index (κ1) is 40.5. The number of unbranched alkanes of at least 4 members (excludes halogenated alkanes) is 31. The van der Waals surface area contributed by atoms with E-state index in [-0.39, 0.29) is 6.61 Å². The van der Waals surface area contributed by atoms with Gasteiger partial charge < -0.3 is 9.79 Å². The van der Waals surface area contributed by atoms with Gasteiger partial charge in [-0.1, -0.05) is 193 Å². The molecule has 0 aromatic carbocycles. The highest BCUT2D eigenvalue weighted by atomic mass is 32.1. The van der Waals surface area contributed by atoms with Crippen LogP contribution in [0.4, 0.5) is 0 Å². The van der Waals surface area contributed by atoms with Crippen molar-refractivity contribution in [1.29, 1.82) is 0 Å². The summed E-state index contributed by atoms with van der Waals surface area (Å²) in [5.74, 6) is 1.06. The van der Waals surface area contributed by atoms with Crippen LogP contribution in [0.1, 0.15) is 205 Å². The van der Waals surface area contributed by atoms with Crippen LogP contribution < -0.4 is 0 Å². The third-order valence-corrected chi connectivity index (χ3v) is 9.15. The standard InChI is InChI=1S/C34H71O4PS/c35-39(36,37)38-33-31-29-27-25-23-21-19-17-15-13-11-9-7-5-3-1-2-4-6-8-10-12-14-16-18-20-22-24-26-28-30-32-34-40/h40H,1-34H2,(H2,35,36,37). The number of rotatable bonds is 35. The first-order valence-corrected chi connectivity index (χ1v) is 20.0. The lowest BCUT2D eigenvalue weighted by Crippen LogP contribution is -1.92. The van der Waals surface area contributed by atoms with Crippen molar-refractivity contribution in [2.45, 2.75) is 205 Å². The van der Waals surface area contributed by atoms with Gasteiger partial charge in [-0.2, -0.15) is 12.6 Å². The molecule has 0 rings (SSSR count). The van der Waals surface area contributed by atoms with E-state index in [1.165, 1.54) is 186 Å². The smallest absolute Gasteiger partial charge is 0.303 e. The first-order chi connectivity index (χ1) is 19.6. The van der Waals surface area contributed by atoms with Gasteiger partial charge in [0, 0.05) is 0 Å². The molecule has 0 heterocycles. The Bertz CT molecular complexity index is 514. The predicted molar refractivity (Wildman–Crippen MR) is 180 cm³/mol. The molecule has 0 radical (unpaired) electrons. The Morgan fingerprint density at radius 3 is 0.700 bits per heavy atom. The molecule has 0 spiro atoms. The van der Waals surface area contributed by atoms with Gasteiger partial charge in [0.25, 0.3) is 0 Å². The van der Waals surface area contributed by atoms with Gasteiger partial charge in [0.2, 0.25) is 0 Å². The maximum Gasteiger partial charge on any atom is 0.469 e. The van der Waals surface area contributed by atoms with E-state index in [2.05, 4.69) is 17.2 Å². The summed E-state index contributed by atoms with van der Waals surface area (Å²) in [6, 6.07) is 0. The molecule has 0 atom stereocenters. The van der Waals surface area contributed by atoms with Gasteiger partial charge in [0.1, 0.15) is 0 Å². The molecule has 0 aliphatic heterocycles. The van der Waals surface area contributed by atoms with Crippen molar-refractivity contribution >= 4 is 20.5 Å². The van der Waals surface area contributed by atoms with Crippen molar-refractivity contribution in [2.75, 3.05) is 12.4 Å². The summed E-state index contributed by atoms with van der Waals surface area (Å²) in [5, 5.41) is 0. The second kappa shape index (κ2) is 34.0. The highest BCUT2D eigenvalue weighted by Gasteiger charge is 2.12. The fourth-order valence-electron chi connectivity index (χ4n) is 5.70. The van der Waals surface area contributed by atoms with E-state index in [0.717, 1.165) is 25.0 Å². The van der Waals surface area contributed by atoms with Crippen LogP contribution in [-0.2, 0) is 9.09 Å². The third-order valence-electron chi connectivity index (χ3n) is 8.31. The lowest BCUT2D eigenvalue weighted by Gasteiger charge is -2.05. The van der Waals surface area contributed by atoms with Crippen LogP contribution in [-0.4, -0.2) is 22.1 Å². The van der Waals surface area contributed by atoms with E-state index >= 15 is 0 Å². The summed E-state index contributed by atoms with van der Waals surface area (Å²) in [4.78, 5) is 17.2. The van der Waals surface area contributed by atoms with Crippen molar-refractivity contribution in [1.82, 2.24) is 0 Å². The summed E-state index contributed by atoms with van der Waals surface area (Å²) in [6.45, 7) is 0.170. The zero-order valence-corrected chi connectivity index (χ0v) is 28.4. The number of hydrogen-bond donors (Lipinski definition) is 3. The fraction of sp³-hybridized carbons (Fsp3) is 1.00. The largest absolute Gasteiger partial charge is 0.469 e. The van der Waals surface area contributed by atoms with Crippen LogP contribution in [0.5, 0.6) is 0 Å². The van der Waals surface area contributed by atoms with Crippen molar-refractivity contribution in [3.05, 3.63) is 0 Å². The minimum Gasteiger partial charge on any atom is -0.303 e. The molecular formula is C34H71O4PS. The topological polar surface area (TPSA) is 66.8 Å². The molecule has 0 fully saturated rings. The average Bonchev–Trinajstić information content (AvgIpc) is 2.92. The van der Waals surface area contributed by atoms with Crippen molar-refractivity contribution in [2.24, 2.45) is 0 Å². The molecule has 0 amide bonds. The van der Waals surface area contributed by atoms with E-state index in [0.29, 0.717) is 0 Å². The molecule has 2 N–H and O–H groups in total. The molecule has 0 saturated heterocycles. The Balaban J connectivity index is 3.04. The van der Waals surface area contributed by atoms with E-state index in [9.17, 15) is 4.57 Å². The Hall–Kier alpha value is 0.460. The summed E-state index contributed by atoms with van der Waals surface area (Å²) < 4.78 is 15.0.